The molecule has 2 heterocycles. The number of benzene rings is 3. The molecular weight excluding hydrogens is 410 g/mol. The number of rotatable bonds is 3. The summed E-state index contributed by atoms with van der Waals surface area (Å²) in [6.07, 6.45) is 2.07. The van der Waals surface area contributed by atoms with Crippen LogP contribution in [0.3, 0.4) is 0 Å². The zero-order chi connectivity index (χ0) is 22.9. The van der Waals surface area contributed by atoms with E-state index in [1.54, 1.807) is 7.11 Å². The third-order valence-corrected chi connectivity index (χ3v) is 6.28. The van der Waals surface area contributed by atoms with Gasteiger partial charge in [-0.15, -0.1) is 0 Å². The molecule has 5 rings (SSSR count). The number of nitrogens with one attached hydrogen (secondary N) is 1. The maximum atomic E-state index is 13.8. The van der Waals surface area contributed by atoms with E-state index in [4.69, 9.17) is 4.74 Å². The lowest BCUT2D eigenvalue weighted by Gasteiger charge is -2.31. The van der Waals surface area contributed by atoms with Crippen LogP contribution in [0, 0.1) is 13.8 Å². The first-order valence-corrected chi connectivity index (χ1v) is 11.1. The number of hydrogen-bond acceptors (Lipinski definition) is 2. The number of hydrogen-bond donors (Lipinski definition) is 1. The quantitative estimate of drug-likeness (QED) is 0.412. The molecule has 2 amide bonds. The van der Waals surface area contributed by atoms with Gasteiger partial charge in [0.25, 0.3) is 0 Å². The number of fused-ring (bicyclic) bond motifs is 3. The summed E-state index contributed by atoms with van der Waals surface area (Å²) < 4.78 is 7.55. The standard InChI is InChI=1S/C28H27N3O2/c1-19-10-15-24(20(2)17-19)29-28(32)31-18-22-7-4-5-8-25(22)30-16-6-9-26(30)27(31)21-11-13-23(33-3)14-12-21/h4-17,27H,18H2,1-3H3,(H,29,32)/t27-/m0/s1. The number of para-hydroxylation sites is 1. The Morgan fingerprint density at radius 3 is 2.52 bits per heavy atom. The maximum Gasteiger partial charge on any atom is 0.322 e. The molecule has 3 aromatic carbocycles. The van der Waals surface area contributed by atoms with Crippen molar-refractivity contribution in [3.63, 3.8) is 0 Å². The van der Waals surface area contributed by atoms with Crippen molar-refractivity contribution in [2.24, 2.45) is 0 Å². The van der Waals surface area contributed by atoms with E-state index >= 15 is 0 Å². The van der Waals surface area contributed by atoms with E-state index in [0.29, 0.717) is 6.54 Å². The predicted octanol–water partition coefficient (Wildman–Crippen LogP) is 6.24. The fourth-order valence-corrected chi connectivity index (χ4v) is 4.62. The molecule has 0 saturated heterocycles. The molecule has 0 fully saturated rings. The second kappa shape index (κ2) is 8.51. The van der Waals surface area contributed by atoms with Crippen LogP contribution in [0.25, 0.3) is 5.69 Å². The summed E-state index contributed by atoms with van der Waals surface area (Å²) in [6.45, 7) is 4.57. The molecule has 0 aliphatic carbocycles. The van der Waals surface area contributed by atoms with Gasteiger partial charge in [0.05, 0.1) is 25.4 Å². The molecule has 5 heteroatoms. The average molecular weight is 438 g/mol. The normalized spacial score (nSPS) is 14.8. The largest absolute Gasteiger partial charge is 0.497 e. The molecule has 1 N–H and O–H groups in total. The molecule has 33 heavy (non-hydrogen) atoms. The third-order valence-electron chi connectivity index (χ3n) is 6.28. The Bertz CT molecular complexity index is 1310. The Labute approximate surface area is 194 Å². The average Bonchev–Trinajstić information content (AvgIpc) is 3.25. The Kier molecular flexibility index (Phi) is 5.38. The van der Waals surface area contributed by atoms with E-state index in [-0.39, 0.29) is 12.1 Å². The van der Waals surface area contributed by atoms with Crippen LogP contribution in [-0.2, 0) is 6.54 Å². The van der Waals surface area contributed by atoms with E-state index < -0.39 is 0 Å². The number of urea groups is 1. The number of ether oxygens (including phenoxy) is 1. The van der Waals surface area contributed by atoms with E-state index in [9.17, 15) is 4.79 Å². The van der Waals surface area contributed by atoms with Gasteiger partial charge < -0.3 is 19.5 Å². The Hall–Kier alpha value is -3.99. The summed E-state index contributed by atoms with van der Waals surface area (Å²) in [5.74, 6) is 0.789. The first-order chi connectivity index (χ1) is 16.0. The molecule has 0 radical (unpaired) electrons. The zero-order valence-corrected chi connectivity index (χ0v) is 19.1. The summed E-state index contributed by atoms with van der Waals surface area (Å²) in [7, 11) is 1.66. The van der Waals surface area contributed by atoms with Gasteiger partial charge in [0.2, 0.25) is 0 Å². The van der Waals surface area contributed by atoms with Gasteiger partial charge in [0, 0.05) is 17.6 Å². The molecule has 0 saturated carbocycles. The van der Waals surface area contributed by atoms with Crippen LogP contribution in [0.1, 0.15) is 34.0 Å². The SMILES string of the molecule is COc1ccc([C@H]2c3cccn3-c3ccccc3CN2C(=O)Nc2ccc(C)cc2C)cc1. The van der Waals surface area contributed by atoms with Crippen molar-refractivity contribution in [2.45, 2.75) is 26.4 Å². The molecule has 0 bridgehead atoms. The lowest BCUT2D eigenvalue weighted by atomic mass is 10.0. The van der Waals surface area contributed by atoms with Crippen LogP contribution in [0.2, 0.25) is 0 Å². The molecule has 5 nitrogen and oxygen atoms in total. The van der Waals surface area contributed by atoms with Crippen LogP contribution >= 0.6 is 0 Å². The van der Waals surface area contributed by atoms with Gasteiger partial charge in [-0.05, 0) is 66.9 Å². The number of anilines is 1. The number of aromatic nitrogens is 1. The van der Waals surface area contributed by atoms with Crippen molar-refractivity contribution in [3.8, 4) is 11.4 Å². The monoisotopic (exact) mass is 437 g/mol. The van der Waals surface area contributed by atoms with Crippen molar-refractivity contribution in [1.82, 2.24) is 9.47 Å². The van der Waals surface area contributed by atoms with Gasteiger partial charge in [0.15, 0.2) is 0 Å². The van der Waals surface area contributed by atoms with Crippen LogP contribution in [0.5, 0.6) is 5.75 Å². The van der Waals surface area contributed by atoms with Gasteiger partial charge in [0.1, 0.15) is 5.75 Å². The van der Waals surface area contributed by atoms with E-state index in [1.807, 2.05) is 66.4 Å². The van der Waals surface area contributed by atoms with Crippen molar-refractivity contribution in [3.05, 3.63) is 113 Å². The highest BCUT2D eigenvalue weighted by Crippen LogP contribution is 2.37. The number of amides is 2. The van der Waals surface area contributed by atoms with E-state index in [0.717, 1.165) is 39.5 Å². The summed E-state index contributed by atoms with van der Waals surface area (Å²) in [4.78, 5) is 15.7. The molecule has 1 aliphatic rings. The zero-order valence-electron chi connectivity index (χ0n) is 19.1. The number of carbonyl (C=O) groups is 1. The van der Waals surface area contributed by atoms with Crippen LogP contribution < -0.4 is 10.1 Å². The number of aryl methyl sites for hydroxylation is 2. The molecule has 0 unspecified atom stereocenters. The topological polar surface area (TPSA) is 46.5 Å². The lowest BCUT2D eigenvalue weighted by Crippen LogP contribution is -2.38. The van der Waals surface area contributed by atoms with Crippen LogP contribution in [0.15, 0.2) is 85.1 Å². The van der Waals surface area contributed by atoms with Gasteiger partial charge >= 0.3 is 6.03 Å². The highest BCUT2D eigenvalue weighted by Gasteiger charge is 2.33. The summed E-state index contributed by atoms with van der Waals surface area (Å²) >= 11 is 0. The number of carbonyl (C=O) groups excluding carboxylic acids is 1. The minimum atomic E-state index is -0.260. The minimum absolute atomic E-state index is 0.132. The second-order valence-electron chi connectivity index (χ2n) is 8.48. The number of methoxy groups -OCH3 is 1. The fourth-order valence-electron chi connectivity index (χ4n) is 4.62. The summed E-state index contributed by atoms with van der Waals surface area (Å²) in [5, 5.41) is 3.16. The Morgan fingerprint density at radius 1 is 0.970 bits per heavy atom. The van der Waals surface area contributed by atoms with Gasteiger partial charge in [-0.25, -0.2) is 4.79 Å². The van der Waals surface area contributed by atoms with Crippen molar-refractivity contribution >= 4 is 11.7 Å². The predicted molar refractivity (Wildman–Crippen MR) is 131 cm³/mol. The van der Waals surface area contributed by atoms with Crippen LogP contribution in [-0.4, -0.2) is 22.6 Å². The van der Waals surface area contributed by atoms with Crippen molar-refractivity contribution in [1.29, 1.82) is 0 Å². The highest BCUT2D eigenvalue weighted by molar-refractivity contribution is 5.91. The van der Waals surface area contributed by atoms with Crippen molar-refractivity contribution in [2.75, 3.05) is 12.4 Å². The molecule has 4 aromatic rings. The molecule has 0 spiro atoms. The van der Waals surface area contributed by atoms with E-state index in [2.05, 4.69) is 47.3 Å². The van der Waals surface area contributed by atoms with Gasteiger partial charge in [-0.2, -0.15) is 0 Å². The molecule has 1 atom stereocenters. The molecule has 1 aromatic heterocycles. The summed E-state index contributed by atoms with van der Waals surface area (Å²) in [6, 6.07) is 26.0. The summed E-state index contributed by atoms with van der Waals surface area (Å²) in [5.41, 5.74) is 7.30. The first-order valence-electron chi connectivity index (χ1n) is 11.1. The molecule has 166 valence electrons. The van der Waals surface area contributed by atoms with Crippen LogP contribution in [0.4, 0.5) is 10.5 Å². The smallest absolute Gasteiger partial charge is 0.322 e. The lowest BCUT2D eigenvalue weighted by molar-refractivity contribution is 0.194. The fraction of sp³-hybridized carbons (Fsp3) is 0.179. The minimum Gasteiger partial charge on any atom is -0.497 e. The van der Waals surface area contributed by atoms with Gasteiger partial charge in [-0.3, -0.25) is 0 Å². The first kappa shape index (κ1) is 20.9. The van der Waals surface area contributed by atoms with E-state index in [1.165, 1.54) is 5.56 Å². The van der Waals surface area contributed by atoms with Gasteiger partial charge in [-0.1, -0.05) is 48.0 Å². The number of nitrogens with zero attached hydrogens (tertiary/aromatic N) is 2. The third kappa shape index (κ3) is 3.87. The molecular formula is C28H27N3O2. The Balaban J connectivity index is 1.62. The molecule has 1 aliphatic heterocycles. The Morgan fingerprint density at radius 2 is 1.76 bits per heavy atom. The maximum absolute atomic E-state index is 13.8. The highest BCUT2D eigenvalue weighted by atomic mass is 16.5. The van der Waals surface area contributed by atoms with Crippen molar-refractivity contribution < 1.29 is 9.53 Å². The second-order valence-corrected chi connectivity index (χ2v) is 8.48.